The summed E-state index contributed by atoms with van der Waals surface area (Å²) in [6.45, 7) is 1.72. The number of aromatic nitrogens is 2. The van der Waals surface area contributed by atoms with Crippen LogP contribution in [0.3, 0.4) is 0 Å². The number of rotatable bonds is 6. The van der Waals surface area contributed by atoms with Gasteiger partial charge in [-0.2, -0.15) is 4.37 Å². The number of benzene rings is 1. The number of hydrogen-bond donors (Lipinski definition) is 1. The second-order valence-electron chi connectivity index (χ2n) is 6.82. The van der Waals surface area contributed by atoms with Crippen molar-refractivity contribution in [2.24, 2.45) is 5.16 Å². The normalized spacial score (nSPS) is 15.9. The Morgan fingerprint density at radius 3 is 2.62 bits per heavy atom. The zero-order chi connectivity index (χ0) is 21.0. The van der Waals surface area contributed by atoms with E-state index in [0.29, 0.717) is 16.5 Å². The topological polar surface area (TPSA) is 111 Å². The number of aryl methyl sites for hydroxylation is 1. The average Bonchev–Trinajstić information content (AvgIpc) is 3.06. The predicted octanol–water partition coefficient (Wildman–Crippen LogP) is 3.60. The number of sulfone groups is 1. The molecule has 0 bridgehead atoms. The molecule has 1 N–H and O–H groups in total. The maximum atomic E-state index is 12.8. The molecule has 1 amide bonds. The predicted molar refractivity (Wildman–Crippen MR) is 112 cm³/mol. The van der Waals surface area contributed by atoms with Crippen LogP contribution in [-0.4, -0.2) is 41.8 Å². The number of oxime groups is 1. The molecule has 156 valence electrons. The summed E-state index contributed by atoms with van der Waals surface area (Å²) >= 11 is 7.20. The Kier molecular flexibility index (Phi) is 6.86. The van der Waals surface area contributed by atoms with Crippen LogP contribution in [0, 0.1) is 6.92 Å². The highest BCUT2D eigenvalue weighted by atomic mass is 35.5. The molecular weight excluding hydrogens is 436 g/mol. The maximum Gasteiger partial charge on any atom is 0.280 e. The van der Waals surface area contributed by atoms with Crippen LogP contribution in [0.2, 0.25) is 5.02 Å². The summed E-state index contributed by atoms with van der Waals surface area (Å²) in [7, 11) is -3.49. The quantitative estimate of drug-likeness (QED) is 0.525. The van der Waals surface area contributed by atoms with Crippen LogP contribution in [0.1, 0.15) is 43.5 Å². The van der Waals surface area contributed by atoms with Crippen molar-refractivity contribution in [1.82, 2.24) is 9.36 Å². The van der Waals surface area contributed by atoms with Gasteiger partial charge in [-0.15, -0.1) is 0 Å². The van der Waals surface area contributed by atoms with E-state index in [2.05, 4.69) is 19.8 Å². The van der Waals surface area contributed by atoms with Crippen molar-refractivity contribution in [3.05, 3.63) is 34.6 Å². The van der Waals surface area contributed by atoms with Crippen molar-refractivity contribution in [2.45, 2.75) is 50.0 Å². The molecule has 0 radical (unpaired) electrons. The van der Waals surface area contributed by atoms with E-state index in [4.69, 9.17) is 16.4 Å². The highest BCUT2D eigenvalue weighted by molar-refractivity contribution is 7.90. The van der Waals surface area contributed by atoms with E-state index < -0.39 is 15.7 Å². The lowest BCUT2D eigenvalue weighted by molar-refractivity contribution is -0.110. The fourth-order valence-corrected chi connectivity index (χ4v) is 4.88. The van der Waals surface area contributed by atoms with Crippen LogP contribution in [-0.2, 0) is 19.5 Å². The molecule has 0 atom stereocenters. The van der Waals surface area contributed by atoms with E-state index in [9.17, 15) is 13.2 Å². The van der Waals surface area contributed by atoms with Crippen molar-refractivity contribution in [1.29, 1.82) is 0 Å². The lowest BCUT2D eigenvalue weighted by Gasteiger charge is -2.20. The van der Waals surface area contributed by atoms with Gasteiger partial charge in [0.05, 0.1) is 9.92 Å². The number of hydrogen-bond acceptors (Lipinski definition) is 8. The molecule has 0 spiro atoms. The average molecular weight is 457 g/mol. The first-order valence-corrected chi connectivity index (χ1v) is 12.1. The summed E-state index contributed by atoms with van der Waals surface area (Å²) in [5.41, 5.74) is 0.335. The molecule has 0 unspecified atom stereocenters. The van der Waals surface area contributed by atoms with Crippen LogP contribution in [0.4, 0.5) is 5.13 Å². The highest BCUT2D eigenvalue weighted by Gasteiger charge is 2.22. The highest BCUT2D eigenvalue weighted by Crippen LogP contribution is 2.25. The van der Waals surface area contributed by atoms with E-state index in [1.54, 1.807) is 6.92 Å². The molecular formula is C18H21ClN4O4S2. The summed E-state index contributed by atoms with van der Waals surface area (Å²) in [5, 5.41) is 7.09. The van der Waals surface area contributed by atoms with Gasteiger partial charge in [0.15, 0.2) is 15.5 Å². The van der Waals surface area contributed by atoms with Crippen molar-refractivity contribution in [3.63, 3.8) is 0 Å². The van der Waals surface area contributed by atoms with E-state index >= 15 is 0 Å². The van der Waals surface area contributed by atoms with E-state index in [0.717, 1.165) is 49.9 Å². The van der Waals surface area contributed by atoms with Gasteiger partial charge in [0, 0.05) is 23.4 Å². The zero-order valence-corrected chi connectivity index (χ0v) is 18.4. The van der Waals surface area contributed by atoms with E-state index in [1.165, 1.54) is 18.2 Å². The van der Waals surface area contributed by atoms with Gasteiger partial charge < -0.3 is 4.84 Å². The van der Waals surface area contributed by atoms with Crippen LogP contribution < -0.4 is 5.32 Å². The lowest BCUT2D eigenvalue weighted by atomic mass is 9.98. The SMILES string of the molecule is Cc1nsc(NC(=O)C(=NOC2CCCCC2)c2ccc(S(C)(=O)=O)c(Cl)c2)n1. The molecule has 1 aliphatic rings. The van der Waals surface area contributed by atoms with Crippen molar-refractivity contribution in [3.8, 4) is 0 Å². The number of anilines is 1. The first-order chi connectivity index (χ1) is 13.7. The summed E-state index contributed by atoms with van der Waals surface area (Å²) in [4.78, 5) is 22.6. The van der Waals surface area contributed by atoms with Gasteiger partial charge in [-0.25, -0.2) is 13.4 Å². The summed E-state index contributed by atoms with van der Waals surface area (Å²) in [6.07, 6.45) is 6.04. The fourth-order valence-electron chi connectivity index (χ4n) is 2.98. The van der Waals surface area contributed by atoms with Gasteiger partial charge in [0.25, 0.3) is 5.91 Å². The largest absolute Gasteiger partial charge is 0.392 e. The monoisotopic (exact) mass is 456 g/mol. The Morgan fingerprint density at radius 2 is 2.03 bits per heavy atom. The summed E-state index contributed by atoms with van der Waals surface area (Å²) in [6, 6.07) is 4.23. The van der Waals surface area contributed by atoms with Gasteiger partial charge in [-0.3, -0.25) is 10.1 Å². The second-order valence-corrected chi connectivity index (χ2v) is 9.97. The third kappa shape index (κ3) is 5.74. The van der Waals surface area contributed by atoms with E-state index in [1.807, 2.05) is 0 Å². The molecule has 1 heterocycles. The first-order valence-electron chi connectivity index (χ1n) is 9.09. The Bertz CT molecular complexity index is 1030. The molecule has 1 aromatic heterocycles. The minimum absolute atomic E-state index is 0.00891. The minimum Gasteiger partial charge on any atom is -0.392 e. The van der Waals surface area contributed by atoms with Crippen molar-refractivity contribution in [2.75, 3.05) is 11.6 Å². The third-order valence-electron chi connectivity index (χ3n) is 4.41. The number of carbonyl (C=O) groups is 1. The number of nitrogens with zero attached hydrogens (tertiary/aromatic N) is 3. The van der Waals surface area contributed by atoms with Gasteiger partial charge in [0.1, 0.15) is 11.9 Å². The molecule has 1 saturated carbocycles. The van der Waals surface area contributed by atoms with Crippen LogP contribution in [0.25, 0.3) is 0 Å². The Balaban J connectivity index is 1.91. The standard InChI is InChI=1S/C18H21ClN4O4S2/c1-11-20-18(28-23-11)21-17(24)16(22-27-13-6-4-3-5-7-13)12-8-9-15(14(19)10-12)29(2,25)26/h8-10,13H,3-7H2,1-2H3,(H,20,21,23,24). The molecule has 1 fully saturated rings. The smallest absolute Gasteiger partial charge is 0.280 e. The molecule has 0 aliphatic heterocycles. The maximum absolute atomic E-state index is 12.8. The minimum atomic E-state index is -3.49. The number of amides is 1. The molecule has 29 heavy (non-hydrogen) atoms. The van der Waals surface area contributed by atoms with Gasteiger partial charge in [-0.05, 0) is 44.7 Å². The van der Waals surface area contributed by atoms with Gasteiger partial charge >= 0.3 is 0 Å². The molecule has 1 aromatic carbocycles. The van der Waals surface area contributed by atoms with Crippen LogP contribution >= 0.6 is 23.1 Å². The molecule has 11 heteroatoms. The van der Waals surface area contributed by atoms with Gasteiger partial charge in [0.2, 0.25) is 5.13 Å². The first kappa shape index (κ1) is 21.7. The Morgan fingerprint density at radius 1 is 1.31 bits per heavy atom. The Labute approximate surface area is 178 Å². The molecule has 1 aliphatic carbocycles. The Hall–Kier alpha value is -2.04. The van der Waals surface area contributed by atoms with Crippen LogP contribution in [0.5, 0.6) is 0 Å². The molecule has 2 aromatic rings. The number of carbonyl (C=O) groups excluding carboxylic acids is 1. The molecule has 3 rings (SSSR count). The fraction of sp³-hybridized carbons (Fsp3) is 0.444. The van der Waals surface area contributed by atoms with Gasteiger partial charge in [-0.1, -0.05) is 29.2 Å². The lowest BCUT2D eigenvalue weighted by Crippen LogP contribution is -2.25. The van der Waals surface area contributed by atoms with E-state index in [-0.39, 0.29) is 21.7 Å². The summed E-state index contributed by atoms with van der Waals surface area (Å²) in [5.74, 6) is 0.00271. The molecule has 8 nitrogen and oxygen atoms in total. The number of nitrogens with one attached hydrogen (secondary N) is 1. The third-order valence-corrected chi connectivity index (χ3v) is 6.71. The summed E-state index contributed by atoms with van der Waals surface area (Å²) < 4.78 is 27.7. The number of halogens is 1. The van der Waals surface area contributed by atoms with Crippen molar-refractivity contribution < 1.29 is 18.0 Å². The van der Waals surface area contributed by atoms with Crippen molar-refractivity contribution >= 4 is 49.7 Å². The second kappa shape index (κ2) is 9.19. The molecule has 0 saturated heterocycles. The van der Waals surface area contributed by atoms with Crippen LogP contribution in [0.15, 0.2) is 28.3 Å². The zero-order valence-electron chi connectivity index (χ0n) is 16.0.